The topological polar surface area (TPSA) is 90.7 Å². The predicted octanol–water partition coefficient (Wildman–Crippen LogP) is 4.87. The molecule has 2 aromatic carbocycles. The third-order valence-electron chi connectivity index (χ3n) is 5.03. The standard InChI is InChI=1S/C21H16BrN3O2/c22-17-8-5-15(6-9-17)20(13-25(26)27)19-10-7-14-3-1-2-4-18(14)21(19)16(11-23)12-24/h1-6,8-9,19-20H,7,10,13H2/t19-,20-/m1/s1. The average Bonchev–Trinajstić information content (AvgIpc) is 2.68. The number of nitro groups is 1. The largest absolute Gasteiger partial charge is 0.265 e. The molecule has 0 saturated carbocycles. The molecule has 6 heteroatoms. The number of hydrogen-bond acceptors (Lipinski definition) is 4. The Morgan fingerprint density at radius 2 is 1.85 bits per heavy atom. The molecule has 0 bridgehead atoms. The number of aryl methyl sites for hydroxylation is 1. The van der Waals surface area contributed by atoms with Gasteiger partial charge >= 0.3 is 0 Å². The van der Waals surface area contributed by atoms with Gasteiger partial charge in [-0.1, -0.05) is 52.3 Å². The van der Waals surface area contributed by atoms with Crippen molar-refractivity contribution in [3.05, 3.63) is 85.4 Å². The second-order valence-corrected chi connectivity index (χ2v) is 7.40. The summed E-state index contributed by atoms with van der Waals surface area (Å²) in [5.74, 6) is -0.672. The van der Waals surface area contributed by atoms with Crippen molar-refractivity contribution in [3.63, 3.8) is 0 Å². The number of allylic oxidation sites excluding steroid dienone is 2. The van der Waals surface area contributed by atoms with E-state index in [-0.39, 0.29) is 23.0 Å². The zero-order valence-corrected chi connectivity index (χ0v) is 16.0. The minimum absolute atomic E-state index is 0.0395. The Labute approximate surface area is 165 Å². The van der Waals surface area contributed by atoms with Crippen LogP contribution in [0.2, 0.25) is 0 Å². The van der Waals surface area contributed by atoms with Gasteiger partial charge in [-0.05, 0) is 53.2 Å². The zero-order valence-electron chi connectivity index (χ0n) is 14.4. The van der Waals surface area contributed by atoms with Gasteiger partial charge in [0.2, 0.25) is 6.54 Å². The molecule has 2 atom stereocenters. The maximum atomic E-state index is 11.4. The van der Waals surface area contributed by atoms with Crippen LogP contribution in [0.25, 0.3) is 5.57 Å². The first-order valence-electron chi connectivity index (χ1n) is 8.55. The SMILES string of the molecule is N#CC(C#N)=C1c2ccccc2CC[C@@H]1[C@H](C[N+](=O)[O-])c1ccc(Br)cc1. The van der Waals surface area contributed by atoms with Crippen molar-refractivity contribution < 1.29 is 4.92 Å². The summed E-state index contributed by atoms with van der Waals surface area (Å²) in [6.45, 7) is -0.248. The molecule has 0 aromatic heterocycles. The first-order valence-corrected chi connectivity index (χ1v) is 9.34. The summed E-state index contributed by atoms with van der Waals surface area (Å²) >= 11 is 3.39. The highest BCUT2D eigenvalue weighted by Crippen LogP contribution is 2.45. The molecule has 0 saturated heterocycles. The summed E-state index contributed by atoms with van der Waals surface area (Å²) in [6.07, 6.45) is 1.42. The molecule has 0 N–H and O–H groups in total. The van der Waals surface area contributed by atoms with Gasteiger partial charge in [-0.2, -0.15) is 10.5 Å². The zero-order chi connectivity index (χ0) is 19.4. The summed E-state index contributed by atoms with van der Waals surface area (Å²) in [5, 5.41) is 30.4. The van der Waals surface area contributed by atoms with Crippen molar-refractivity contribution in [3.8, 4) is 12.1 Å². The van der Waals surface area contributed by atoms with Gasteiger partial charge in [0.15, 0.2) is 0 Å². The number of fused-ring (bicyclic) bond motifs is 1. The van der Waals surface area contributed by atoms with E-state index in [4.69, 9.17) is 0 Å². The molecule has 0 spiro atoms. The first kappa shape index (κ1) is 18.8. The molecule has 0 heterocycles. The molecule has 27 heavy (non-hydrogen) atoms. The molecular formula is C21H16BrN3O2. The van der Waals surface area contributed by atoms with E-state index >= 15 is 0 Å². The molecule has 0 unspecified atom stereocenters. The molecule has 1 aliphatic rings. The summed E-state index contributed by atoms with van der Waals surface area (Å²) in [4.78, 5) is 11.1. The molecule has 0 aliphatic heterocycles. The van der Waals surface area contributed by atoms with Crippen molar-refractivity contribution in [1.82, 2.24) is 0 Å². The highest BCUT2D eigenvalue weighted by atomic mass is 79.9. The van der Waals surface area contributed by atoms with Crippen LogP contribution >= 0.6 is 15.9 Å². The third kappa shape index (κ3) is 3.92. The van der Waals surface area contributed by atoms with Crippen LogP contribution in [0.4, 0.5) is 0 Å². The van der Waals surface area contributed by atoms with Crippen molar-refractivity contribution in [1.29, 1.82) is 10.5 Å². The summed E-state index contributed by atoms with van der Waals surface area (Å²) in [7, 11) is 0. The van der Waals surface area contributed by atoms with Gasteiger partial charge in [0.1, 0.15) is 17.7 Å². The molecule has 0 radical (unpaired) electrons. The summed E-state index contributed by atoms with van der Waals surface area (Å²) in [5.41, 5.74) is 3.45. The van der Waals surface area contributed by atoms with Gasteiger partial charge in [-0.3, -0.25) is 10.1 Å². The van der Waals surface area contributed by atoms with Crippen molar-refractivity contribution in [2.24, 2.45) is 5.92 Å². The Bertz CT molecular complexity index is 968. The van der Waals surface area contributed by atoms with Crippen LogP contribution in [0.5, 0.6) is 0 Å². The van der Waals surface area contributed by atoms with Gasteiger partial charge in [0, 0.05) is 9.40 Å². The molecule has 5 nitrogen and oxygen atoms in total. The van der Waals surface area contributed by atoms with Crippen LogP contribution in [0.1, 0.15) is 29.0 Å². The Hall–Kier alpha value is -2.96. The Morgan fingerprint density at radius 1 is 1.19 bits per heavy atom. The molecule has 0 amide bonds. The normalized spacial score (nSPS) is 16.6. The van der Waals surface area contributed by atoms with Gasteiger partial charge < -0.3 is 0 Å². The molecule has 0 fully saturated rings. The third-order valence-corrected chi connectivity index (χ3v) is 5.55. The average molecular weight is 422 g/mol. The van der Waals surface area contributed by atoms with Gasteiger partial charge in [-0.25, -0.2) is 0 Å². The van der Waals surface area contributed by atoms with Crippen molar-refractivity contribution in [2.45, 2.75) is 18.8 Å². The van der Waals surface area contributed by atoms with Crippen LogP contribution in [-0.2, 0) is 6.42 Å². The molecular weight excluding hydrogens is 406 g/mol. The highest BCUT2D eigenvalue weighted by Gasteiger charge is 2.36. The number of nitriles is 2. The summed E-state index contributed by atoms with van der Waals surface area (Å²) in [6, 6.07) is 19.1. The molecule has 1 aliphatic carbocycles. The second kappa shape index (κ2) is 8.16. The molecule has 3 rings (SSSR count). The smallest absolute Gasteiger partial charge is 0.211 e. The van der Waals surface area contributed by atoms with Gasteiger partial charge in [0.05, 0.1) is 5.92 Å². The van der Waals surface area contributed by atoms with Crippen LogP contribution in [-0.4, -0.2) is 11.5 Å². The fourth-order valence-corrected chi connectivity index (χ4v) is 4.12. The van der Waals surface area contributed by atoms with Gasteiger partial charge in [0.25, 0.3) is 0 Å². The molecule has 134 valence electrons. The number of nitrogens with zero attached hydrogens (tertiary/aromatic N) is 3. The van der Waals surface area contributed by atoms with E-state index in [9.17, 15) is 20.6 Å². The first-order chi connectivity index (χ1) is 13.0. The number of benzene rings is 2. The van der Waals surface area contributed by atoms with Crippen LogP contribution < -0.4 is 0 Å². The van der Waals surface area contributed by atoms with E-state index in [1.165, 1.54) is 0 Å². The van der Waals surface area contributed by atoms with E-state index in [0.29, 0.717) is 12.0 Å². The maximum absolute atomic E-state index is 11.4. The Kier molecular flexibility index (Phi) is 5.69. The number of rotatable bonds is 4. The van der Waals surface area contributed by atoms with Crippen LogP contribution in [0, 0.1) is 38.7 Å². The lowest BCUT2D eigenvalue weighted by molar-refractivity contribution is -0.484. The molecule has 2 aromatic rings. The predicted molar refractivity (Wildman–Crippen MR) is 105 cm³/mol. The monoisotopic (exact) mass is 421 g/mol. The van der Waals surface area contributed by atoms with E-state index in [0.717, 1.165) is 27.6 Å². The second-order valence-electron chi connectivity index (χ2n) is 6.49. The lowest BCUT2D eigenvalue weighted by atomic mass is 9.70. The maximum Gasteiger partial charge on any atom is 0.211 e. The fourth-order valence-electron chi connectivity index (χ4n) is 3.86. The summed E-state index contributed by atoms with van der Waals surface area (Å²) < 4.78 is 0.894. The van der Waals surface area contributed by atoms with E-state index in [2.05, 4.69) is 15.9 Å². The van der Waals surface area contributed by atoms with Gasteiger partial charge in [-0.15, -0.1) is 0 Å². The lowest BCUT2D eigenvalue weighted by Crippen LogP contribution is -2.26. The van der Waals surface area contributed by atoms with Crippen molar-refractivity contribution >= 4 is 21.5 Å². The minimum Gasteiger partial charge on any atom is -0.265 e. The fraction of sp³-hybridized carbons (Fsp3) is 0.238. The van der Waals surface area contributed by atoms with Crippen molar-refractivity contribution in [2.75, 3.05) is 6.54 Å². The van der Waals surface area contributed by atoms with E-state index < -0.39 is 5.92 Å². The lowest BCUT2D eigenvalue weighted by Gasteiger charge is -2.32. The van der Waals surface area contributed by atoms with E-state index in [1.54, 1.807) is 0 Å². The Balaban J connectivity index is 2.17. The van der Waals surface area contributed by atoms with Crippen LogP contribution in [0.3, 0.4) is 0 Å². The number of hydrogen-bond donors (Lipinski definition) is 0. The quantitative estimate of drug-likeness (QED) is 0.399. The Morgan fingerprint density at radius 3 is 2.48 bits per heavy atom. The number of halogens is 1. The van der Waals surface area contributed by atoms with Crippen LogP contribution in [0.15, 0.2) is 58.6 Å². The highest BCUT2D eigenvalue weighted by molar-refractivity contribution is 9.10. The van der Waals surface area contributed by atoms with E-state index in [1.807, 2.05) is 60.7 Å². The minimum atomic E-state index is -0.409.